The number of nitrogens with one attached hydrogen (secondary N) is 2. The Hall–Kier alpha value is -2.88. The molecule has 1 fully saturated rings. The third-order valence-corrected chi connectivity index (χ3v) is 6.66. The second kappa shape index (κ2) is 9.72. The smallest absolute Gasteiger partial charge is 0.272 e. The molecule has 0 spiro atoms. The van der Waals surface area contributed by atoms with Crippen molar-refractivity contribution in [2.45, 2.75) is 18.9 Å². The van der Waals surface area contributed by atoms with E-state index in [2.05, 4.69) is 43.3 Å². The fourth-order valence-corrected chi connectivity index (χ4v) is 4.72. The molecule has 0 aliphatic carbocycles. The fourth-order valence-electron chi connectivity index (χ4n) is 3.48. The van der Waals surface area contributed by atoms with Gasteiger partial charge in [0.15, 0.2) is 5.69 Å². The average Bonchev–Trinajstić information content (AvgIpc) is 3.34. The zero-order valence-corrected chi connectivity index (χ0v) is 18.8. The van der Waals surface area contributed by atoms with Crippen LogP contribution in [0.1, 0.15) is 44.3 Å². The van der Waals surface area contributed by atoms with Crippen LogP contribution in [-0.2, 0) is 13.0 Å². The summed E-state index contributed by atoms with van der Waals surface area (Å²) < 4.78 is 14.0. The summed E-state index contributed by atoms with van der Waals surface area (Å²) in [7, 11) is 0. The monoisotopic (exact) mass is 472 g/mol. The molecule has 10 heteroatoms. The number of carbonyl (C=O) groups is 1. The number of likely N-dealkylation sites (tertiary alicyclic amines) is 1. The topological polar surface area (TPSA) is 86.8 Å². The molecule has 7 nitrogen and oxygen atoms in total. The van der Waals surface area contributed by atoms with Crippen molar-refractivity contribution in [3.8, 4) is 0 Å². The van der Waals surface area contributed by atoms with Crippen molar-refractivity contribution in [3.63, 3.8) is 0 Å². The van der Waals surface area contributed by atoms with Gasteiger partial charge in [0.05, 0.1) is 23.6 Å². The molecule has 2 N–H and O–H groups in total. The van der Waals surface area contributed by atoms with E-state index in [0.717, 1.165) is 48.3 Å². The molecule has 1 saturated heterocycles. The van der Waals surface area contributed by atoms with Crippen LogP contribution in [0.15, 0.2) is 31.5 Å². The number of halogens is 2. The first-order valence-electron chi connectivity index (χ1n) is 10.1. The van der Waals surface area contributed by atoms with E-state index in [1.807, 2.05) is 0 Å². The Balaban J connectivity index is 1.29. The minimum Gasteiger partial charge on any atom is -0.345 e. The summed E-state index contributed by atoms with van der Waals surface area (Å²) in [6.07, 6.45) is 5.71. The zero-order chi connectivity index (χ0) is 22.7. The zero-order valence-electron chi connectivity index (χ0n) is 17.3. The number of nitrogens with zero attached hydrogens (tertiary/aromatic N) is 4. The minimum absolute atomic E-state index is 0.0280. The van der Waals surface area contributed by atoms with Gasteiger partial charge < -0.3 is 15.2 Å². The van der Waals surface area contributed by atoms with Crippen molar-refractivity contribution in [2.75, 3.05) is 19.6 Å². The molecule has 0 aromatic carbocycles. The molecule has 4 heterocycles. The van der Waals surface area contributed by atoms with Crippen molar-refractivity contribution in [1.82, 2.24) is 30.2 Å². The molecule has 1 aliphatic rings. The summed E-state index contributed by atoms with van der Waals surface area (Å²) in [5.41, 5.74) is 2.03. The second-order valence-electron chi connectivity index (χ2n) is 7.39. The molecular weight excluding hydrogens is 451 g/mol. The molecule has 0 unspecified atom stereocenters. The van der Waals surface area contributed by atoms with E-state index in [9.17, 15) is 9.18 Å². The van der Waals surface area contributed by atoms with Gasteiger partial charge in [-0.25, -0.2) is 14.4 Å². The Bertz CT molecular complexity index is 1130. The molecule has 1 aliphatic heterocycles. The number of imidazole rings is 1. The van der Waals surface area contributed by atoms with Crippen LogP contribution >= 0.6 is 22.9 Å². The summed E-state index contributed by atoms with van der Waals surface area (Å²) in [5, 5.41) is 3.47. The molecule has 166 valence electrons. The molecule has 1 amide bonds. The quantitative estimate of drug-likeness (QED) is 0.493. The summed E-state index contributed by atoms with van der Waals surface area (Å²) >= 11 is 7.58. The Morgan fingerprint density at radius 3 is 2.88 bits per heavy atom. The third kappa shape index (κ3) is 4.79. The predicted molar refractivity (Wildman–Crippen MR) is 124 cm³/mol. The van der Waals surface area contributed by atoms with Crippen LogP contribution in [0.5, 0.6) is 0 Å². The number of amides is 1. The number of thiazole rings is 1. The number of hydrogen-bond donors (Lipinski definition) is 2. The van der Waals surface area contributed by atoms with Gasteiger partial charge in [-0.3, -0.25) is 9.78 Å². The Morgan fingerprint density at radius 2 is 2.19 bits per heavy atom. The van der Waals surface area contributed by atoms with Crippen molar-refractivity contribution in [1.29, 1.82) is 0 Å². The van der Waals surface area contributed by atoms with Crippen LogP contribution in [0.4, 0.5) is 4.39 Å². The number of aromatic nitrogens is 4. The minimum atomic E-state index is -0.469. The Kier molecular flexibility index (Phi) is 6.78. The van der Waals surface area contributed by atoms with E-state index < -0.39 is 11.7 Å². The van der Waals surface area contributed by atoms with Gasteiger partial charge in [-0.15, -0.1) is 11.3 Å². The van der Waals surface area contributed by atoms with Crippen LogP contribution < -0.4 is 5.32 Å². The van der Waals surface area contributed by atoms with Crippen LogP contribution in [0.25, 0.3) is 12.2 Å². The normalized spacial score (nSPS) is 14.2. The van der Waals surface area contributed by atoms with Gasteiger partial charge >= 0.3 is 0 Å². The number of rotatable bonds is 9. The lowest BCUT2D eigenvalue weighted by Gasteiger charge is -2.37. The highest BCUT2D eigenvalue weighted by molar-refractivity contribution is 7.16. The number of hydrogen-bond acceptors (Lipinski definition) is 6. The van der Waals surface area contributed by atoms with Crippen molar-refractivity contribution >= 4 is 41.0 Å². The fraction of sp³-hybridized carbons (Fsp3) is 0.273. The van der Waals surface area contributed by atoms with Crippen molar-refractivity contribution in [2.24, 2.45) is 0 Å². The molecule has 0 saturated carbocycles. The van der Waals surface area contributed by atoms with Gasteiger partial charge in [0.2, 0.25) is 0 Å². The highest BCUT2D eigenvalue weighted by Crippen LogP contribution is 2.34. The van der Waals surface area contributed by atoms with Gasteiger partial charge in [0.25, 0.3) is 5.91 Å². The first-order chi connectivity index (χ1) is 15.5. The van der Waals surface area contributed by atoms with Gasteiger partial charge in [-0.1, -0.05) is 24.8 Å². The van der Waals surface area contributed by atoms with Crippen LogP contribution in [0.3, 0.4) is 0 Å². The highest BCUT2D eigenvalue weighted by Gasteiger charge is 2.32. The molecule has 4 rings (SSSR count). The van der Waals surface area contributed by atoms with E-state index in [4.69, 9.17) is 11.6 Å². The number of H-pyrrole nitrogens is 1. The lowest BCUT2D eigenvalue weighted by molar-refractivity contribution is 0.0945. The maximum absolute atomic E-state index is 13.7. The summed E-state index contributed by atoms with van der Waals surface area (Å²) in [4.78, 5) is 30.9. The van der Waals surface area contributed by atoms with E-state index in [-0.39, 0.29) is 23.9 Å². The number of aromatic amines is 1. The maximum atomic E-state index is 13.7. The number of carbonyl (C=O) groups excluding carboxylic acids is 1. The van der Waals surface area contributed by atoms with Crippen molar-refractivity contribution < 1.29 is 9.18 Å². The Labute approximate surface area is 194 Å². The molecule has 0 atom stereocenters. The van der Waals surface area contributed by atoms with Gasteiger partial charge in [-0.2, -0.15) is 0 Å². The van der Waals surface area contributed by atoms with E-state index in [1.165, 1.54) is 29.7 Å². The average molecular weight is 473 g/mol. The number of pyridine rings is 1. The largest absolute Gasteiger partial charge is 0.345 e. The standard InChI is InChI=1S/C22H22ClFN6OS/c1-3-15-16(4-2)28-18(27-15)7-9-30-11-13(12-30)22-29-19(20(23)32-22)21(31)26-10-17-14(24)6-5-8-25-17/h3-6,8,13H,1-2,7,9-12H2,(H,26,31)(H,27,28). The SMILES string of the molecule is C=Cc1nc(CCN2CC(c3nc(C(=O)NCc4ncccc4F)c(Cl)s3)C2)[nH]c1C=C. The first-order valence-corrected chi connectivity index (χ1v) is 11.3. The molecular formula is C22H22ClFN6OS. The summed E-state index contributed by atoms with van der Waals surface area (Å²) in [5.74, 6) is 0.228. The van der Waals surface area contributed by atoms with Gasteiger partial charge in [0.1, 0.15) is 21.0 Å². The third-order valence-electron chi connectivity index (χ3n) is 5.25. The van der Waals surface area contributed by atoms with E-state index >= 15 is 0 Å². The van der Waals surface area contributed by atoms with Gasteiger partial charge in [0, 0.05) is 38.2 Å². The summed E-state index contributed by atoms with van der Waals surface area (Å²) in [6, 6.07) is 2.80. The van der Waals surface area contributed by atoms with Crippen LogP contribution in [0, 0.1) is 5.82 Å². The molecule has 0 radical (unpaired) electrons. The lowest BCUT2D eigenvalue weighted by atomic mass is 10.0. The Morgan fingerprint density at radius 1 is 1.38 bits per heavy atom. The highest BCUT2D eigenvalue weighted by atomic mass is 35.5. The molecule has 32 heavy (non-hydrogen) atoms. The van der Waals surface area contributed by atoms with Crippen LogP contribution in [-0.4, -0.2) is 50.4 Å². The van der Waals surface area contributed by atoms with E-state index in [1.54, 1.807) is 12.2 Å². The maximum Gasteiger partial charge on any atom is 0.272 e. The first kappa shape index (κ1) is 22.3. The van der Waals surface area contributed by atoms with Crippen LogP contribution in [0.2, 0.25) is 4.34 Å². The summed E-state index contributed by atoms with van der Waals surface area (Å²) in [6.45, 7) is 10.1. The van der Waals surface area contributed by atoms with Crippen molar-refractivity contribution in [3.05, 3.63) is 75.2 Å². The predicted octanol–water partition coefficient (Wildman–Crippen LogP) is 3.91. The molecule has 3 aromatic heterocycles. The van der Waals surface area contributed by atoms with E-state index in [0.29, 0.717) is 4.34 Å². The van der Waals surface area contributed by atoms with Gasteiger partial charge in [-0.05, 0) is 24.3 Å². The molecule has 3 aromatic rings. The second-order valence-corrected chi connectivity index (χ2v) is 9.02. The lowest BCUT2D eigenvalue weighted by Crippen LogP contribution is -2.45. The molecule has 0 bridgehead atoms.